The minimum Gasteiger partial charge on any atom is -0.458 e. The van der Waals surface area contributed by atoms with Gasteiger partial charge in [0.05, 0.1) is 6.10 Å². The Morgan fingerprint density at radius 2 is 2.22 bits per heavy atom. The second-order valence-electron chi connectivity index (χ2n) is 5.66. The zero-order chi connectivity index (χ0) is 13.3. The molecule has 1 heterocycles. The van der Waals surface area contributed by atoms with Gasteiger partial charge < -0.3 is 9.84 Å². The van der Waals surface area contributed by atoms with E-state index in [1.807, 2.05) is 6.08 Å². The molecule has 2 rings (SSSR count). The van der Waals surface area contributed by atoms with Gasteiger partial charge in [-0.1, -0.05) is 25.7 Å². The van der Waals surface area contributed by atoms with Gasteiger partial charge in [-0.15, -0.1) is 0 Å². The first-order valence-electron chi connectivity index (χ1n) is 6.75. The molecule has 0 bridgehead atoms. The predicted molar refractivity (Wildman–Crippen MR) is 69.8 cm³/mol. The summed E-state index contributed by atoms with van der Waals surface area (Å²) in [6, 6.07) is 0. The molecule has 2 fully saturated rings. The Morgan fingerprint density at radius 3 is 2.89 bits per heavy atom. The number of hydrogen-bond acceptors (Lipinski definition) is 3. The van der Waals surface area contributed by atoms with Crippen LogP contribution >= 0.6 is 0 Å². The van der Waals surface area contributed by atoms with Crippen LogP contribution in [0.5, 0.6) is 0 Å². The van der Waals surface area contributed by atoms with E-state index in [9.17, 15) is 9.90 Å². The third-order valence-electron chi connectivity index (χ3n) is 4.20. The van der Waals surface area contributed by atoms with Crippen LogP contribution in [0, 0.1) is 17.8 Å². The van der Waals surface area contributed by atoms with Gasteiger partial charge in [0.1, 0.15) is 6.10 Å². The van der Waals surface area contributed by atoms with Crippen molar-refractivity contribution in [2.75, 3.05) is 0 Å². The summed E-state index contributed by atoms with van der Waals surface area (Å²) in [5.41, 5.74) is 0.646. The Bertz CT molecular complexity index is 370. The molecule has 0 amide bonds. The largest absolute Gasteiger partial charge is 0.458 e. The van der Waals surface area contributed by atoms with Gasteiger partial charge in [0.25, 0.3) is 0 Å². The van der Waals surface area contributed by atoms with Crippen molar-refractivity contribution in [3.05, 3.63) is 24.3 Å². The third kappa shape index (κ3) is 2.66. The lowest BCUT2D eigenvalue weighted by atomic mass is 9.88. The van der Waals surface area contributed by atoms with E-state index < -0.39 is 6.10 Å². The van der Waals surface area contributed by atoms with E-state index in [2.05, 4.69) is 19.6 Å². The fraction of sp³-hybridized carbons (Fsp3) is 0.667. The first-order chi connectivity index (χ1) is 8.49. The van der Waals surface area contributed by atoms with Gasteiger partial charge in [-0.05, 0) is 38.0 Å². The summed E-state index contributed by atoms with van der Waals surface area (Å²) in [5.74, 6) is 0.908. The molecule has 0 aromatic rings. The molecular formula is C15H22O3. The van der Waals surface area contributed by atoms with Crippen LogP contribution in [0.3, 0.4) is 0 Å². The molecule has 5 unspecified atom stereocenters. The van der Waals surface area contributed by atoms with Crippen molar-refractivity contribution in [2.45, 2.75) is 45.3 Å². The van der Waals surface area contributed by atoms with Crippen LogP contribution in [-0.2, 0) is 9.53 Å². The molecule has 2 aliphatic rings. The van der Waals surface area contributed by atoms with Crippen molar-refractivity contribution in [3.8, 4) is 0 Å². The van der Waals surface area contributed by atoms with Crippen LogP contribution in [-0.4, -0.2) is 23.3 Å². The zero-order valence-electron chi connectivity index (χ0n) is 11.1. The first kappa shape index (κ1) is 13.3. The number of esters is 1. The van der Waals surface area contributed by atoms with E-state index >= 15 is 0 Å². The van der Waals surface area contributed by atoms with E-state index in [1.54, 1.807) is 6.92 Å². The first-order valence-corrected chi connectivity index (χ1v) is 6.75. The summed E-state index contributed by atoms with van der Waals surface area (Å²) in [6.07, 6.45) is 6.46. The SMILES string of the molecule is C=C1C(=O)OC2CC(C)C(C=CC(C)O)CCC12. The molecular weight excluding hydrogens is 228 g/mol. The summed E-state index contributed by atoms with van der Waals surface area (Å²) >= 11 is 0. The summed E-state index contributed by atoms with van der Waals surface area (Å²) in [5, 5.41) is 9.31. The second kappa shape index (κ2) is 5.27. The molecule has 0 spiro atoms. The maximum atomic E-state index is 11.5. The molecule has 0 aromatic heterocycles. The lowest BCUT2D eigenvalue weighted by Gasteiger charge is -2.19. The van der Waals surface area contributed by atoms with Crippen molar-refractivity contribution in [1.29, 1.82) is 0 Å². The van der Waals surface area contributed by atoms with Crippen molar-refractivity contribution in [2.24, 2.45) is 17.8 Å². The summed E-state index contributed by atoms with van der Waals surface area (Å²) in [6.45, 7) is 7.80. The molecule has 3 heteroatoms. The fourth-order valence-corrected chi connectivity index (χ4v) is 3.03. The van der Waals surface area contributed by atoms with Gasteiger partial charge in [0.15, 0.2) is 0 Å². The van der Waals surface area contributed by atoms with Crippen molar-refractivity contribution in [3.63, 3.8) is 0 Å². The summed E-state index contributed by atoms with van der Waals surface area (Å²) < 4.78 is 5.39. The quantitative estimate of drug-likeness (QED) is 0.465. The number of carbonyl (C=O) groups is 1. The number of carbonyl (C=O) groups excluding carboxylic acids is 1. The van der Waals surface area contributed by atoms with E-state index in [4.69, 9.17) is 4.74 Å². The minimum absolute atomic E-state index is 0.0185. The number of hydrogen-bond donors (Lipinski definition) is 1. The van der Waals surface area contributed by atoms with Gasteiger partial charge in [0.2, 0.25) is 0 Å². The average Bonchev–Trinajstić information content (AvgIpc) is 2.46. The Balaban J connectivity index is 2.06. The highest BCUT2D eigenvalue weighted by Crippen LogP contribution is 2.41. The molecule has 1 N–H and O–H groups in total. The van der Waals surface area contributed by atoms with Crippen molar-refractivity contribution >= 4 is 5.97 Å². The highest BCUT2D eigenvalue weighted by molar-refractivity contribution is 5.90. The molecule has 0 aromatic carbocycles. The second-order valence-corrected chi connectivity index (χ2v) is 5.66. The maximum Gasteiger partial charge on any atom is 0.334 e. The highest BCUT2D eigenvalue weighted by Gasteiger charge is 2.41. The van der Waals surface area contributed by atoms with E-state index in [0.29, 0.717) is 17.4 Å². The van der Waals surface area contributed by atoms with Gasteiger partial charge in [0, 0.05) is 11.5 Å². The number of aliphatic hydroxyl groups is 1. The highest BCUT2D eigenvalue weighted by atomic mass is 16.6. The number of ether oxygens (including phenoxy) is 1. The van der Waals surface area contributed by atoms with Gasteiger partial charge in [-0.25, -0.2) is 4.79 Å². The molecule has 1 aliphatic carbocycles. The lowest BCUT2D eigenvalue weighted by molar-refractivity contribution is -0.139. The number of allylic oxidation sites excluding steroid dienone is 1. The van der Waals surface area contributed by atoms with Gasteiger partial charge in [-0.3, -0.25) is 0 Å². The van der Waals surface area contributed by atoms with Crippen molar-refractivity contribution < 1.29 is 14.6 Å². The standard InChI is InChI=1S/C15H22O3/c1-9-8-14-13(11(3)15(17)18-14)7-6-12(9)5-4-10(2)16/h4-5,9-10,12-14,16H,3,6-8H2,1-2H3. The number of fused-ring (bicyclic) bond motifs is 1. The monoisotopic (exact) mass is 250 g/mol. The van der Waals surface area contributed by atoms with Crippen LogP contribution in [0.2, 0.25) is 0 Å². The number of rotatable bonds is 2. The molecule has 18 heavy (non-hydrogen) atoms. The molecule has 5 atom stereocenters. The predicted octanol–water partition coefficient (Wildman–Crippen LogP) is 2.46. The molecule has 1 saturated heterocycles. The molecule has 0 radical (unpaired) electrons. The zero-order valence-corrected chi connectivity index (χ0v) is 11.1. The average molecular weight is 250 g/mol. The Labute approximate surface area is 109 Å². The summed E-state index contributed by atoms with van der Waals surface area (Å²) in [7, 11) is 0. The molecule has 1 saturated carbocycles. The summed E-state index contributed by atoms with van der Waals surface area (Å²) in [4.78, 5) is 11.5. The van der Waals surface area contributed by atoms with Crippen molar-refractivity contribution in [1.82, 2.24) is 0 Å². The third-order valence-corrected chi connectivity index (χ3v) is 4.20. The van der Waals surface area contributed by atoms with Crippen LogP contribution < -0.4 is 0 Å². The number of aliphatic hydroxyl groups excluding tert-OH is 1. The fourth-order valence-electron chi connectivity index (χ4n) is 3.03. The topological polar surface area (TPSA) is 46.5 Å². The van der Waals surface area contributed by atoms with Crippen LogP contribution in [0.4, 0.5) is 0 Å². The van der Waals surface area contributed by atoms with Gasteiger partial charge in [-0.2, -0.15) is 0 Å². The Hall–Kier alpha value is -1.09. The van der Waals surface area contributed by atoms with E-state index in [-0.39, 0.29) is 18.0 Å². The van der Waals surface area contributed by atoms with Crippen LogP contribution in [0.1, 0.15) is 33.1 Å². The Morgan fingerprint density at radius 1 is 1.50 bits per heavy atom. The minimum atomic E-state index is -0.396. The molecule has 3 nitrogen and oxygen atoms in total. The smallest absolute Gasteiger partial charge is 0.334 e. The van der Waals surface area contributed by atoms with Gasteiger partial charge >= 0.3 is 5.97 Å². The Kier molecular flexibility index (Phi) is 3.91. The molecule has 100 valence electrons. The van der Waals surface area contributed by atoms with Crippen LogP contribution in [0.25, 0.3) is 0 Å². The van der Waals surface area contributed by atoms with Crippen LogP contribution in [0.15, 0.2) is 24.3 Å². The molecule has 1 aliphatic heterocycles. The van der Waals surface area contributed by atoms with E-state index in [1.165, 1.54) is 0 Å². The van der Waals surface area contributed by atoms with E-state index in [0.717, 1.165) is 19.3 Å². The normalized spacial score (nSPS) is 38.4. The maximum absolute atomic E-state index is 11.5. The lowest BCUT2D eigenvalue weighted by Crippen LogP contribution is -2.18.